The first-order chi connectivity index (χ1) is 7.79. The van der Waals surface area contributed by atoms with E-state index in [1.54, 1.807) is 0 Å². The molecule has 0 rings (SSSR count). The van der Waals surface area contributed by atoms with Crippen LogP contribution in [0.15, 0.2) is 0 Å². The Morgan fingerprint density at radius 3 is 1.83 bits per heavy atom. The lowest BCUT2D eigenvalue weighted by atomic mass is 9.81. The Morgan fingerprint density at radius 1 is 1.00 bits per heavy atom. The molecule has 0 aliphatic heterocycles. The minimum Gasteiger partial charge on any atom is -0.324 e. The van der Waals surface area contributed by atoms with Crippen molar-refractivity contribution in [2.75, 3.05) is 6.16 Å². The second-order valence-corrected chi connectivity index (χ2v) is 9.63. The standard InChI is InChI=1S/C14H31O3P/c1-13(2,3)9-7-8-12(10-14(4,5)6)11-18(15,16)17/h12H,7-11H2,1-6H3,(H2,15,16,17). The van der Waals surface area contributed by atoms with Crippen LogP contribution in [0.4, 0.5) is 0 Å². The van der Waals surface area contributed by atoms with Gasteiger partial charge in [-0.25, -0.2) is 0 Å². The molecule has 18 heavy (non-hydrogen) atoms. The largest absolute Gasteiger partial charge is 0.325 e. The summed E-state index contributed by atoms with van der Waals surface area (Å²) in [6.07, 6.45) is 3.98. The first-order valence-electron chi connectivity index (χ1n) is 6.83. The summed E-state index contributed by atoms with van der Waals surface area (Å²) in [5, 5.41) is 0. The molecule has 0 aromatic heterocycles. The summed E-state index contributed by atoms with van der Waals surface area (Å²) >= 11 is 0. The highest BCUT2D eigenvalue weighted by atomic mass is 31.2. The minimum absolute atomic E-state index is 0.0361. The third-order valence-electron chi connectivity index (χ3n) is 2.94. The molecule has 0 bridgehead atoms. The Morgan fingerprint density at radius 2 is 1.50 bits per heavy atom. The van der Waals surface area contributed by atoms with Crippen molar-refractivity contribution in [1.29, 1.82) is 0 Å². The van der Waals surface area contributed by atoms with Gasteiger partial charge in [-0.15, -0.1) is 0 Å². The van der Waals surface area contributed by atoms with Gasteiger partial charge >= 0.3 is 7.60 Å². The quantitative estimate of drug-likeness (QED) is 0.706. The Kier molecular flexibility index (Phi) is 6.60. The summed E-state index contributed by atoms with van der Waals surface area (Å²) < 4.78 is 11.2. The van der Waals surface area contributed by atoms with E-state index in [2.05, 4.69) is 41.5 Å². The maximum absolute atomic E-state index is 11.2. The molecule has 0 aromatic rings. The highest BCUT2D eigenvalue weighted by molar-refractivity contribution is 7.51. The van der Waals surface area contributed by atoms with Gasteiger partial charge in [0, 0.05) is 0 Å². The first-order valence-corrected chi connectivity index (χ1v) is 8.63. The Bertz CT molecular complexity index is 280. The first kappa shape index (κ1) is 18.1. The molecule has 2 N–H and O–H groups in total. The summed E-state index contributed by atoms with van der Waals surface area (Å²) in [6.45, 7) is 13.0. The molecule has 0 aromatic carbocycles. The van der Waals surface area contributed by atoms with Gasteiger partial charge in [0.05, 0.1) is 6.16 Å². The van der Waals surface area contributed by atoms with Crippen molar-refractivity contribution in [1.82, 2.24) is 0 Å². The Balaban J connectivity index is 4.35. The molecule has 0 fully saturated rings. The summed E-state index contributed by atoms with van der Waals surface area (Å²) in [6, 6.07) is 0. The van der Waals surface area contributed by atoms with Gasteiger partial charge in [-0.3, -0.25) is 4.57 Å². The molecule has 4 heteroatoms. The van der Waals surface area contributed by atoms with Crippen LogP contribution in [0.5, 0.6) is 0 Å². The van der Waals surface area contributed by atoms with Crippen molar-refractivity contribution >= 4 is 7.60 Å². The molecule has 3 nitrogen and oxygen atoms in total. The van der Waals surface area contributed by atoms with Crippen LogP contribution in [0, 0.1) is 16.7 Å². The van der Waals surface area contributed by atoms with E-state index in [0.29, 0.717) is 5.41 Å². The van der Waals surface area contributed by atoms with E-state index in [-0.39, 0.29) is 17.5 Å². The lowest BCUT2D eigenvalue weighted by molar-refractivity contribution is 0.267. The van der Waals surface area contributed by atoms with Crippen LogP contribution in [0.2, 0.25) is 0 Å². The van der Waals surface area contributed by atoms with Crippen LogP contribution in [-0.4, -0.2) is 15.9 Å². The lowest BCUT2D eigenvalue weighted by Crippen LogP contribution is -2.17. The zero-order chi connectivity index (χ0) is 14.6. The third-order valence-corrected chi connectivity index (χ3v) is 3.93. The highest BCUT2D eigenvalue weighted by Gasteiger charge is 2.26. The molecule has 110 valence electrons. The molecule has 0 saturated heterocycles. The van der Waals surface area contributed by atoms with E-state index in [9.17, 15) is 4.57 Å². The second kappa shape index (κ2) is 6.54. The van der Waals surface area contributed by atoms with Crippen LogP contribution in [0.25, 0.3) is 0 Å². The van der Waals surface area contributed by atoms with Crippen molar-refractivity contribution in [3.05, 3.63) is 0 Å². The highest BCUT2D eigenvalue weighted by Crippen LogP contribution is 2.42. The van der Waals surface area contributed by atoms with E-state index >= 15 is 0 Å². The molecule has 0 heterocycles. The summed E-state index contributed by atoms with van der Waals surface area (Å²) in [4.78, 5) is 18.3. The van der Waals surface area contributed by atoms with E-state index in [1.807, 2.05) is 0 Å². The normalized spacial score (nSPS) is 15.8. The molecule has 0 spiro atoms. The van der Waals surface area contributed by atoms with Gasteiger partial charge in [-0.2, -0.15) is 0 Å². The molecular formula is C14H31O3P. The lowest BCUT2D eigenvalue weighted by Gasteiger charge is -2.27. The molecule has 0 aliphatic rings. The van der Waals surface area contributed by atoms with Gasteiger partial charge in [0.25, 0.3) is 0 Å². The molecule has 0 amide bonds. The van der Waals surface area contributed by atoms with Crippen LogP contribution >= 0.6 is 7.60 Å². The van der Waals surface area contributed by atoms with E-state index in [1.165, 1.54) is 0 Å². The van der Waals surface area contributed by atoms with Crippen molar-refractivity contribution < 1.29 is 14.4 Å². The van der Waals surface area contributed by atoms with E-state index < -0.39 is 7.60 Å². The van der Waals surface area contributed by atoms with Gasteiger partial charge in [-0.05, 0) is 36.0 Å². The molecule has 0 aliphatic carbocycles. The number of hydrogen-bond acceptors (Lipinski definition) is 1. The zero-order valence-electron chi connectivity index (χ0n) is 12.9. The number of hydrogen-bond donors (Lipinski definition) is 2. The third kappa shape index (κ3) is 12.6. The average Bonchev–Trinajstić information content (AvgIpc) is 1.93. The fourth-order valence-corrected chi connectivity index (χ4v) is 3.37. The SMILES string of the molecule is CC(C)(C)CCCC(CC(C)(C)C)CP(=O)(O)O. The van der Waals surface area contributed by atoms with Crippen molar-refractivity contribution in [2.45, 2.75) is 67.2 Å². The molecule has 1 atom stereocenters. The van der Waals surface area contributed by atoms with Crippen molar-refractivity contribution in [3.8, 4) is 0 Å². The predicted octanol–water partition coefficient (Wildman–Crippen LogP) is 4.43. The Labute approximate surface area is 113 Å². The average molecular weight is 278 g/mol. The van der Waals surface area contributed by atoms with Gasteiger partial charge < -0.3 is 9.79 Å². The van der Waals surface area contributed by atoms with Crippen LogP contribution in [-0.2, 0) is 4.57 Å². The van der Waals surface area contributed by atoms with E-state index in [0.717, 1.165) is 25.7 Å². The molecule has 1 unspecified atom stereocenters. The topological polar surface area (TPSA) is 57.5 Å². The van der Waals surface area contributed by atoms with Crippen LogP contribution < -0.4 is 0 Å². The monoisotopic (exact) mass is 278 g/mol. The fourth-order valence-electron chi connectivity index (χ4n) is 2.38. The van der Waals surface area contributed by atoms with E-state index in [4.69, 9.17) is 9.79 Å². The van der Waals surface area contributed by atoms with Gasteiger partial charge in [0.2, 0.25) is 0 Å². The summed E-state index contributed by atoms with van der Waals surface area (Å²) in [5.74, 6) is 0.133. The van der Waals surface area contributed by atoms with Gasteiger partial charge in [0.15, 0.2) is 0 Å². The molecular weight excluding hydrogens is 247 g/mol. The maximum atomic E-state index is 11.2. The van der Waals surface area contributed by atoms with Gasteiger partial charge in [0.1, 0.15) is 0 Å². The second-order valence-electron chi connectivity index (χ2n) is 7.93. The fraction of sp³-hybridized carbons (Fsp3) is 1.00. The van der Waals surface area contributed by atoms with Crippen LogP contribution in [0.3, 0.4) is 0 Å². The number of rotatable bonds is 6. The van der Waals surface area contributed by atoms with Crippen molar-refractivity contribution in [3.63, 3.8) is 0 Å². The summed E-state index contributed by atoms with van der Waals surface area (Å²) in [7, 11) is -3.89. The minimum atomic E-state index is -3.89. The zero-order valence-corrected chi connectivity index (χ0v) is 13.8. The predicted molar refractivity (Wildman–Crippen MR) is 77.8 cm³/mol. The maximum Gasteiger partial charge on any atom is 0.325 e. The van der Waals surface area contributed by atoms with Gasteiger partial charge in [-0.1, -0.05) is 48.0 Å². The molecule has 0 radical (unpaired) electrons. The Hall–Kier alpha value is 0.150. The summed E-state index contributed by atoms with van der Waals surface area (Å²) in [5.41, 5.74) is 0.427. The van der Waals surface area contributed by atoms with Crippen LogP contribution in [0.1, 0.15) is 67.2 Å². The molecule has 0 saturated carbocycles. The van der Waals surface area contributed by atoms with Crippen molar-refractivity contribution in [2.24, 2.45) is 16.7 Å². The smallest absolute Gasteiger partial charge is 0.324 e.